The van der Waals surface area contributed by atoms with E-state index in [4.69, 9.17) is 14.7 Å². The molecule has 1 aromatic carbocycles. The summed E-state index contributed by atoms with van der Waals surface area (Å²) >= 11 is 1.76. The number of halogens is 2. The van der Waals surface area contributed by atoms with Gasteiger partial charge in [0.15, 0.2) is 11.6 Å². The van der Waals surface area contributed by atoms with Gasteiger partial charge in [-0.3, -0.25) is 4.68 Å². The van der Waals surface area contributed by atoms with Crippen molar-refractivity contribution >= 4 is 22.6 Å². The monoisotopic (exact) mass is 357 g/mol. The van der Waals surface area contributed by atoms with Gasteiger partial charge in [0.1, 0.15) is 6.07 Å². The van der Waals surface area contributed by atoms with Gasteiger partial charge in [-0.25, -0.2) is 4.39 Å². The molecule has 0 radical (unpaired) electrons. The van der Waals surface area contributed by atoms with Crippen molar-refractivity contribution < 1.29 is 13.9 Å². The van der Waals surface area contributed by atoms with E-state index in [2.05, 4.69) is 5.10 Å². The molecule has 0 spiro atoms. The van der Waals surface area contributed by atoms with Crippen LogP contribution in [0.25, 0.3) is 0 Å². The largest absolute Gasteiger partial charge is 0.446 e. The number of nitriles is 1. The zero-order valence-electron chi connectivity index (χ0n) is 9.07. The molecular formula is C11H5FIN3O2. The molecule has 90 valence electrons. The lowest BCUT2D eigenvalue weighted by Gasteiger charge is -2.17. The van der Waals surface area contributed by atoms with Gasteiger partial charge in [-0.15, -0.1) is 5.10 Å². The molecule has 1 aliphatic rings. The minimum atomic E-state index is -0.610. The van der Waals surface area contributed by atoms with Crippen molar-refractivity contribution in [1.82, 2.24) is 9.78 Å². The van der Waals surface area contributed by atoms with Gasteiger partial charge in [-0.05, 0) is 22.6 Å². The van der Waals surface area contributed by atoms with Crippen molar-refractivity contribution in [3.8, 4) is 29.2 Å². The second-order valence-corrected chi connectivity index (χ2v) is 4.75. The van der Waals surface area contributed by atoms with Crippen molar-refractivity contribution in [2.24, 2.45) is 7.05 Å². The maximum absolute atomic E-state index is 14.0. The second kappa shape index (κ2) is 3.84. The van der Waals surface area contributed by atoms with Crippen LogP contribution in [-0.2, 0) is 7.05 Å². The predicted molar refractivity (Wildman–Crippen MR) is 67.2 cm³/mol. The highest BCUT2D eigenvalue weighted by molar-refractivity contribution is 14.1. The molecular weight excluding hydrogens is 352 g/mol. The van der Waals surface area contributed by atoms with E-state index < -0.39 is 5.82 Å². The Morgan fingerprint density at radius 1 is 1.44 bits per heavy atom. The first-order chi connectivity index (χ1) is 8.60. The summed E-state index contributed by atoms with van der Waals surface area (Å²) in [6.07, 6.45) is 1.61. The summed E-state index contributed by atoms with van der Waals surface area (Å²) in [6, 6.07) is 3.37. The highest BCUT2D eigenvalue weighted by atomic mass is 127. The number of aryl methyl sites for hydroxylation is 1. The van der Waals surface area contributed by atoms with E-state index in [1.165, 1.54) is 10.7 Å². The van der Waals surface area contributed by atoms with E-state index in [0.717, 1.165) is 0 Å². The van der Waals surface area contributed by atoms with Crippen molar-refractivity contribution in [2.75, 3.05) is 0 Å². The van der Waals surface area contributed by atoms with E-state index >= 15 is 0 Å². The summed E-state index contributed by atoms with van der Waals surface area (Å²) in [7, 11) is 1.70. The third kappa shape index (κ3) is 1.53. The normalized spacial score (nSPS) is 11.9. The third-order valence-electron chi connectivity index (χ3n) is 2.43. The summed E-state index contributed by atoms with van der Waals surface area (Å²) in [5.74, 6) is 0.148. The van der Waals surface area contributed by atoms with Gasteiger partial charge >= 0.3 is 0 Å². The molecule has 7 heteroatoms. The lowest BCUT2D eigenvalue weighted by atomic mass is 10.2. The van der Waals surface area contributed by atoms with Crippen LogP contribution in [0, 0.1) is 20.7 Å². The average Bonchev–Trinajstić information content (AvgIpc) is 2.71. The third-order valence-corrected chi connectivity index (χ3v) is 3.48. The fraction of sp³-hybridized carbons (Fsp3) is 0.0909. The lowest BCUT2D eigenvalue weighted by molar-refractivity contribution is 0.333. The molecule has 0 atom stereocenters. The molecule has 2 heterocycles. The molecule has 18 heavy (non-hydrogen) atoms. The maximum atomic E-state index is 14.0. The van der Waals surface area contributed by atoms with E-state index in [0.29, 0.717) is 5.75 Å². The SMILES string of the molecule is Cn1cc2c(n1)Oc1c(cc(C#N)c(I)c1F)O2. The van der Waals surface area contributed by atoms with Gasteiger partial charge in [0, 0.05) is 13.1 Å². The minimum absolute atomic E-state index is 0.0374. The smallest absolute Gasteiger partial charge is 0.282 e. The lowest BCUT2D eigenvalue weighted by Crippen LogP contribution is -2.03. The summed E-state index contributed by atoms with van der Waals surface area (Å²) in [5.41, 5.74) is 0.211. The van der Waals surface area contributed by atoms with Gasteiger partial charge in [-0.2, -0.15) is 5.26 Å². The molecule has 2 aromatic rings. The van der Waals surface area contributed by atoms with E-state index in [1.54, 1.807) is 35.8 Å². The van der Waals surface area contributed by atoms with Crippen LogP contribution < -0.4 is 9.47 Å². The van der Waals surface area contributed by atoms with Gasteiger partial charge < -0.3 is 9.47 Å². The van der Waals surface area contributed by atoms with E-state index in [-0.39, 0.29) is 26.5 Å². The Kier molecular flexibility index (Phi) is 2.41. The second-order valence-electron chi connectivity index (χ2n) is 3.67. The van der Waals surface area contributed by atoms with Crippen molar-refractivity contribution in [2.45, 2.75) is 0 Å². The molecule has 0 bridgehead atoms. The molecule has 0 N–H and O–H groups in total. The van der Waals surface area contributed by atoms with Gasteiger partial charge in [0.2, 0.25) is 11.5 Å². The van der Waals surface area contributed by atoms with Crippen LogP contribution in [0.1, 0.15) is 5.56 Å². The number of aromatic nitrogens is 2. The summed E-state index contributed by atoms with van der Waals surface area (Å²) in [4.78, 5) is 0. The maximum Gasteiger partial charge on any atom is 0.282 e. The first kappa shape index (κ1) is 11.3. The van der Waals surface area contributed by atoms with Crippen molar-refractivity contribution in [1.29, 1.82) is 5.26 Å². The molecule has 0 amide bonds. The number of benzene rings is 1. The highest BCUT2D eigenvalue weighted by Crippen LogP contribution is 2.47. The summed E-state index contributed by atoms with van der Waals surface area (Å²) in [5, 5.41) is 12.9. The number of ether oxygens (including phenoxy) is 2. The molecule has 5 nitrogen and oxygen atoms in total. The Morgan fingerprint density at radius 3 is 2.94 bits per heavy atom. The summed E-state index contributed by atoms with van der Waals surface area (Å²) in [6.45, 7) is 0. The Bertz CT molecular complexity index is 705. The first-order valence-electron chi connectivity index (χ1n) is 4.91. The quantitative estimate of drug-likeness (QED) is 0.581. The molecule has 1 aliphatic heterocycles. The van der Waals surface area contributed by atoms with Gasteiger partial charge in [0.25, 0.3) is 5.88 Å². The van der Waals surface area contributed by atoms with Crippen LogP contribution in [0.15, 0.2) is 12.3 Å². The average molecular weight is 357 g/mol. The Labute approximate surface area is 115 Å². The minimum Gasteiger partial charge on any atom is -0.446 e. The van der Waals surface area contributed by atoms with E-state index in [1.807, 2.05) is 6.07 Å². The molecule has 0 saturated heterocycles. The molecule has 3 rings (SSSR count). The van der Waals surface area contributed by atoms with Crippen LogP contribution in [0.2, 0.25) is 0 Å². The molecule has 0 aliphatic carbocycles. The van der Waals surface area contributed by atoms with Crippen molar-refractivity contribution in [3.63, 3.8) is 0 Å². The first-order valence-corrected chi connectivity index (χ1v) is 5.99. The molecule has 0 unspecified atom stereocenters. The molecule has 1 aromatic heterocycles. The Hall–Kier alpha value is -1.82. The molecule has 0 saturated carbocycles. The fourth-order valence-corrected chi connectivity index (χ4v) is 2.16. The number of hydrogen-bond acceptors (Lipinski definition) is 4. The zero-order valence-corrected chi connectivity index (χ0v) is 11.2. The molecule has 0 fully saturated rings. The van der Waals surface area contributed by atoms with Gasteiger partial charge in [-0.1, -0.05) is 0 Å². The fourth-order valence-electron chi connectivity index (χ4n) is 1.64. The standard InChI is InChI=1S/C11H5FIN3O2/c1-16-4-7-11(15-16)18-10-6(17-7)2-5(3-14)9(13)8(10)12/h2,4H,1H3. The number of nitrogens with zero attached hydrogens (tertiary/aromatic N) is 3. The van der Waals surface area contributed by atoms with Crippen LogP contribution in [0.3, 0.4) is 0 Å². The highest BCUT2D eigenvalue weighted by Gasteiger charge is 2.28. The number of fused-ring (bicyclic) bond motifs is 2. The summed E-state index contributed by atoms with van der Waals surface area (Å²) < 4.78 is 26.6. The zero-order chi connectivity index (χ0) is 12.9. The topological polar surface area (TPSA) is 60.1 Å². The number of hydrogen-bond donors (Lipinski definition) is 0. The van der Waals surface area contributed by atoms with Gasteiger partial charge in [0.05, 0.1) is 15.3 Å². The van der Waals surface area contributed by atoms with Crippen molar-refractivity contribution in [3.05, 3.63) is 27.2 Å². The predicted octanol–water partition coefficient (Wildman–Crippen LogP) is 2.93. The Balaban J connectivity index is 2.19. The Morgan fingerprint density at radius 2 is 2.22 bits per heavy atom. The van der Waals surface area contributed by atoms with Crippen LogP contribution >= 0.6 is 22.6 Å². The van der Waals surface area contributed by atoms with Crippen LogP contribution in [0.5, 0.6) is 23.1 Å². The van der Waals surface area contributed by atoms with Crippen LogP contribution in [-0.4, -0.2) is 9.78 Å². The van der Waals surface area contributed by atoms with Crippen LogP contribution in [0.4, 0.5) is 4.39 Å². The number of rotatable bonds is 0. The van der Waals surface area contributed by atoms with E-state index in [9.17, 15) is 4.39 Å².